The maximum absolute atomic E-state index is 14.0. The maximum atomic E-state index is 14.0. The van der Waals surface area contributed by atoms with Crippen LogP contribution >= 0.6 is 11.6 Å². The van der Waals surface area contributed by atoms with Gasteiger partial charge < -0.3 is 20.3 Å². The molecule has 1 atom stereocenters. The lowest BCUT2D eigenvalue weighted by Crippen LogP contribution is -2.44. The molecule has 1 aromatic carbocycles. The van der Waals surface area contributed by atoms with Gasteiger partial charge in [0.1, 0.15) is 0 Å². The van der Waals surface area contributed by atoms with E-state index < -0.39 is 0 Å². The van der Waals surface area contributed by atoms with Gasteiger partial charge in [-0.2, -0.15) is 0 Å². The first kappa shape index (κ1) is 21.3. The van der Waals surface area contributed by atoms with Gasteiger partial charge in [-0.3, -0.25) is 4.99 Å². The summed E-state index contributed by atoms with van der Waals surface area (Å²) in [6, 6.07) is 10.8. The number of pyridine rings is 1. The fourth-order valence-corrected chi connectivity index (χ4v) is 3.31. The van der Waals surface area contributed by atoms with E-state index in [0.717, 1.165) is 36.1 Å². The summed E-state index contributed by atoms with van der Waals surface area (Å²) in [5.41, 5.74) is 1.08. The molecule has 0 amide bonds. The lowest BCUT2D eigenvalue weighted by Gasteiger charge is -2.20. The molecule has 2 N–H and O–H groups in total. The molecule has 0 aliphatic carbocycles. The Labute approximate surface area is 176 Å². The van der Waals surface area contributed by atoms with Crippen LogP contribution < -0.4 is 15.5 Å². The first-order chi connectivity index (χ1) is 14.2. The zero-order valence-corrected chi connectivity index (χ0v) is 17.3. The Kier molecular flexibility index (Phi) is 8.07. The van der Waals surface area contributed by atoms with Crippen LogP contribution in [0, 0.1) is 5.82 Å². The molecule has 1 unspecified atom stereocenters. The van der Waals surface area contributed by atoms with Gasteiger partial charge in [-0.25, -0.2) is 9.37 Å². The summed E-state index contributed by atoms with van der Waals surface area (Å²) in [7, 11) is 0. The zero-order chi connectivity index (χ0) is 20.5. The van der Waals surface area contributed by atoms with Crippen LogP contribution in [-0.4, -0.2) is 49.8 Å². The van der Waals surface area contributed by atoms with E-state index in [1.54, 1.807) is 12.3 Å². The lowest BCUT2D eigenvalue weighted by atomic mass is 10.2. The number of anilines is 1. The van der Waals surface area contributed by atoms with Gasteiger partial charge in [0, 0.05) is 36.9 Å². The predicted molar refractivity (Wildman–Crippen MR) is 115 cm³/mol. The van der Waals surface area contributed by atoms with Crippen molar-refractivity contribution in [2.45, 2.75) is 26.0 Å². The van der Waals surface area contributed by atoms with Crippen LogP contribution in [0.25, 0.3) is 0 Å². The van der Waals surface area contributed by atoms with Crippen molar-refractivity contribution in [2.24, 2.45) is 4.99 Å². The van der Waals surface area contributed by atoms with E-state index in [1.807, 2.05) is 36.1 Å². The Morgan fingerprint density at radius 3 is 2.93 bits per heavy atom. The van der Waals surface area contributed by atoms with Gasteiger partial charge in [0.2, 0.25) is 0 Å². The first-order valence-corrected chi connectivity index (χ1v) is 10.3. The number of halogens is 2. The number of aliphatic imine (C=N–C) groups is 1. The molecule has 156 valence electrons. The second-order valence-corrected chi connectivity index (χ2v) is 7.26. The van der Waals surface area contributed by atoms with Crippen LogP contribution in [0.5, 0.6) is 0 Å². The minimum Gasteiger partial charge on any atom is -0.375 e. The van der Waals surface area contributed by atoms with E-state index in [9.17, 15) is 4.39 Å². The second kappa shape index (κ2) is 11.0. The number of hydrogen-bond donors (Lipinski definition) is 2. The Morgan fingerprint density at radius 2 is 2.17 bits per heavy atom. The number of rotatable bonds is 8. The van der Waals surface area contributed by atoms with Crippen LogP contribution in [0.1, 0.15) is 18.9 Å². The Balaban J connectivity index is 1.44. The van der Waals surface area contributed by atoms with Crippen LogP contribution in [-0.2, 0) is 11.3 Å². The molecule has 8 heteroatoms. The summed E-state index contributed by atoms with van der Waals surface area (Å²) >= 11 is 5.88. The lowest BCUT2D eigenvalue weighted by molar-refractivity contribution is 0.128. The zero-order valence-electron chi connectivity index (χ0n) is 16.6. The molecule has 0 bridgehead atoms. The molecule has 2 heterocycles. The van der Waals surface area contributed by atoms with Gasteiger partial charge in [-0.1, -0.05) is 23.7 Å². The normalized spacial score (nSPS) is 16.9. The highest BCUT2D eigenvalue weighted by atomic mass is 35.5. The maximum Gasteiger partial charge on any atom is 0.191 e. The van der Waals surface area contributed by atoms with Crippen molar-refractivity contribution in [3.8, 4) is 0 Å². The monoisotopic (exact) mass is 419 g/mol. The summed E-state index contributed by atoms with van der Waals surface area (Å²) < 4.78 is 19.6. The molecule has 6 nitrogen and oxygen atoms in total. The molecule has 0 radical (unpaired) electrons. The third-order valence-corrected chi connectivity index (χ3v) is 4.85. The minimum absolute atomic E-state index is 0.184. The third kappa shape index (κ3) is 6.58. The standard InChI is InChI=1S/C21H27ClFN5O/c1-2-24-21(26-11-13-29-15-16-5-7-17(22)8-6-16)27-18-9-12-28(14-18)20-19(23)4-3-10-25-20/h3-8,10,18H,2,9,11-15H2,1H3,(H2,24,26,27). The van der Waals surface area contributed by atoms with Crippen LogP contribution in [0.3, 0.4) is 0 Å². The van der Waals surface area contributed by atoms with Gasteiger partial charge in [-0.05, 0) is 43.2 Å². The van der Waals surface area contributed by atoms with Crippen molar-refractivity contribution >= 4 is 23.4 Å². The molecular formula is C21H27ClFN5O. The highest BCUT2D eigenvalue weighted by Crippen LogP contribution is 2.20. The van der Waals surface area contributed by atoms with E-state index in [1.165, 1.54) is 6.07 Å². The number of hydrogen-bond acceptors (Lipinski definition) is 4. The Hall–Kier alpha value is -2.38. The fourth-order valence-electron chi connectivity index (χ4n) is 3.19. The number of aromatic nitrogens is 1. The molecule has 29 heavy (non-hydrogen) atoms. The number of nitrogens with one attached hydrogen (secondary N) is 2. The number of guanidine groups is 1. The highest BCUT2D eigenvalue weighted by molar-refractivity contribution is 6.30. The molecule has 1 fully saturated rings. The summed E-state index contributed by atoms with van der Waals surface area (Å²) in [6.07, 6.45) is 2.52. The first-order valence-electron chi connectivity index (χ1n) is 9.88. The van der Waals surface area contributed by atoms with E-state index in [0.29, 0.717) is 32.1 Å². The highest BCUT2D eigenvalue weighted by Gasteiger charge is 2.25. The third-order valence-electron chi connectivity index (χ3n) is 4.60. The Bertz CT molecular complexity index is 802. The predicted octanol–water partition coefficient (Wildman–Crippen LogP) is 3.22. The van der Waals surface area contributed by atoms with Crippen LogP contribution in [0.15, 0.2) is 47.6 Å². The molecule has 0 saturated carbocycles. The molecule has 2 aromatic rings. The Morgan fingerprint density at radius 1 is 1.34 bits per heavy atom. The summed E-state index contributed by atoms with van der Waals surface area (Å²) in [5, 5.41) is 7.40. The quantitative estimate of drug-likeness (QED) is 0.391. The van der Waals surface area contributed by atoms with Gasteiger partial charge in [0.25, 0.3) is 0 Å². The van der Waals surface area contributed by atoms with Gasteiger partial charge in [-0.15, -0.1) is 0 Å². The summed E-state index contributed by atoms with van der Waals surface area (Å²) in [6.45, 7) is 5.84. The largest absolute Gasteiger partial charge is 0.375 e. The van der Waals surface area contributed by atoms with Crippen LogP contribution in [0.2, 0.25) is 5.02 Å². The van der Waals surface area contributed by atoms with E-state index in [4.69, 9.17) is 16.3 Å². The topological polar surface area (TPSA) is 61.8 Å². The number of nitrogens with zero attached hydrogens (tertiary/aromatic N) is 3. The van der Waals surface area contributed by atoms with Gasteiger partial charge in [0.05, 0.1) is 19.8 Å². The number of ether oxygens (including phenoxy) is 1. The van der Waals surface area contributed by atoms with Gasteiger partial charge >= 0.3 is 0 Å². The number of benzene rings is 1. The molecule has 1 aliphatic rings. The average Bonchev–Trinajstić information content (AvgIpc) is 3.18. The molecular weight excluding hydrogens is 393 g/mol. The molecule has 3 rings (SSSR count). The molecule has 1 aliphatic heterocycles. The second-order valence-electron chi connectivity index (χ2n) is 6.82. The molecule has 0 spiro atoms. The fraction of sp³-hybridized carbons (Fsp3) is 0.429. The van der Waals surface area contributed by atoms with Crippen molar-refractivity contribution in [1.29, 1.82) is 0 Å². The summed E-state index contributed by atoms with van der Waals surface area (Å²) in [4.78, 5) is 10.7. The SMILES string of the molecule is CCNC(=NCCOCc1ccc(Cl)cc1)NC1CCN(c2ncccc2F)C1. The van der Waals surface area contributed by atoms with E-state index in [2.05, 4.69) is 20.6 Å². The van der Waals surface area contributed by atoms with Crippen LogP contribution in [0.4, 0.5) is 10.2 Å². The van der Waals surface area contributed by atoms with Crippen molar-refractivity contribution in [2.75, 3.05) is 37.7 Å². The molecule has 1 saturated heterocycles. The molecule has 1 aromatic heterocycles. The van der Waals surface area contributed by atoms with E-state index >= 15 is 0 Å². The van der Waals surface area contributed by atoms with Crippen molar-refractivity contribution in [1.82, 2.24) is 15.6 Å². The van der Waals surface area contributed by atoms with Crippen molar-refractivity contribution < 1.29 is 9.13 Å². The van der Waals surface area contributed by atoms with Crippen molar-refractivity contribution in [3.63, 3.8) is 0 Å². The van der Waals surface area contributed by atoms with Gasteiger partial charge in [0.15, 0.2) is 17.6 Å². The van der Waals surface area contributed by atoms with Crippen molar-refractivity contribution in [3.05, 3.63) is 59.0 Å². The smallest absolute Gasteiger partial charge is 0.191 e. The van der Waals surface area contributed by atoms with E-state index in [-0.39, 0.29) is 11.9 Å². The minimum atomic E-state index is -0.286. The average molecular weight is 420 g/mol. The summed E-state index contributed by atoms with van der Waals surface area (Å²) in [5.74, 6) is 0.872.